The Morgan fingerprint density at radius 1 is 0.773 bits per heavy atom. The van der Waals surface area contributed by atoms with Crippen LogP contribution in [0.1, 0.15) is 83.4 Å². The van der Waals surface area contributed by atoms with E-state index in [1.165, 1.54) is 70.6 Å². The Kier molecular flexibility index (Phi) is 8.08. The Morgan fingerprint density at radius 2 is 1.36 bits per heavy atom. The molecule has 2 rings (SSSR count). The third-order valence-corrected chi connectivity index (χ3v) is 4.33. The highest BCUT2D eigenvalue weighted by molar-refractivity contribution is 5.72. The minimum Gasteiger partial charge on any atom is -0.441 e. The Hall–Kier alpha value is -1.31. The average molecular weight is 301 g/mol. The number of aryl methyl sites for hydroxylation is 1. The molecule has 0 spiro atoms. The van der Waals surface area contributed by atoms with Gasteiger partial charge in [0.1, 0.15) is 5.52 Å². The normalized spacial score (nSPS) is 11.3. The van der Waals surface area contributed by atoms with Crippen LogP contribution in [-0.2, 0) is 6.42 Å². The molecule has 0 aliphatic carbocycles. The fraction of sp³-hybridized carbons (Fsp3) is 0.650. The number of benzene rings is 1. The summed E-state index contributed by atoms with van der Waals surface area (Å²) >= 11 is 0. The number of nitrogens with zero attached hydrogens (tertiary/aromatic N) is 1. The highest BCUT2D eigenvalue weighted by atomic mass is 16.3. The van der Waals surface area contributed by atoms with Crippen molar-refractivity contribution in [1.82, 2.24) is 4.98 Å². The number of unbranched alkanes of at least 4 members (excludes halogenated alkanes) is 10. The van der Waals surface area contributed by atoms with E-state index >= 15 is 0 Å². The molecule has 0 unspecified atom stereocenters. The number of para-hydroxylation sites is 2. The second-order valence-corrected chi connectivity index (χ2v) is 6.36. The van der Waals surface area contributed by atoms with Crippen molar-refractivity contribution in [2.75, 3.05) is 0 Å². The molecule has 0 aliphatic rings. The number of rotatable bonds is 12. The molecule has 0 fully saturated rings. The van der Waals surface area contributed by atoms with Crippen LogP contribution in [0.5, 0.6) is 0 Å². The second kappa shape index (κ2) is 10.4. The third-order valence-electron chi connectivity index (χ3n) is 4.33. The molecule has 2 aromatic rings. The van der Waals surface area contributed by atoms with Gasteiger partial charge < -0.3 is 4.42 Å². The zero-order chi connectivity index (χ0) is 15.5. The Labute approximate surface area is 135 Å². The van der Waals surface area contributed by atoms with Crippen molar-refractivity contribution in [1.29, 1.82) is 0 Å². The van der Waals surface area contributed by atoms with Gasteiger partial charge in [0, 0.05) is 6.42 Å². The molecule has 22 heavy (non-hydrogen) atoms. The molecule has 0 saturated carbocycles. The highest BCUT2D eigenvalue weighted by Gasteiger charge is 2.04. The van der Waals surface area contributed by atoms with Crippen LogP contribution < -0.4 is 0 Å². The van der Waals surface area contributed by atoms with Crippen molar-refractivity contribution in [3.63, 3.8) is 0 Å². The molecule has 0 radical (unpaired) electrons. The van der Waals surface area contributed by atoms with Crippen LogP contribution >= 0.6 is 0 Å². The predicted octanol–water partition coefficient (Wildman–Crippen LogP) is 6.68. The molecule has 122 valence electrons. The zero-order valence-electron chi connectivity index (χ0n) is 14.2. The summed E-state index contributed by atoms with van der Waals surface area (Å²) in [5, 5.41) is 0. The van der Waals surface area contributed by atoms with Gasteiger partial charge >= 0.3 is 0 Å². The van der Waals surface area contributed by atoms with Gasteiger partial charge in [-0.05, 0) is 18.6 Å². The van der Waals surface area contributed by atoms with Crippen molar-refractivity contribution < 1.29 is 4.42 Å². The van der Waals surface area contributed by atoms with Crippen molar-refractivity contribution in [3.05, 3.63) is 30.2 Å². The topological polar surface area (TPSA) is 26.0 Å². The summed E-state index contributed by atoms with van der Waals surface area (Å²) in [4.78, 5) is 4.53. The van der Waals surface area contributed by atoms with Gasteiger partial charge in [-0.15, -0.1) is 0 Å². The van der Waals surface area contributed by atoms with E-state index in [4.69, 9.17) is 4.42 Å². The fourth-order valence-electron chi connectivity index (χ4n) is 2.97. The molecule has 0 atom stereocenters. The largest absolute Gasteiger partial charge is 0.441 e. The molecule has 1 aromatic heterocycles. The lowest BCUT2D eigenvalue weighted by molar-refractivity contribution is 0.501. The van der Waals surface area contributed by atoms with Crippen molar-refractivity contribution in [3.8, 4) is 0 Å². The molecule has 0 amide bonds. The number of hydrogen-bond acceptors (Lipinski definition) is 2. The molecular weight excluding hydrogens is 270 g/mol. The van der Waals surface area contributed by atoms with Gasteiger partial charge in [-0.25, -0.2) is 4.98 Å². The van der Waals surface area contributed by atoms with Crippen molar-refractivity contribution >= 4 is 11.1 Å². The molecule has 0 bridgehead atoms. The Balaban J connectivity index is 1.46. The van der Waals surface area contributed by atoms with Crippen LogP contribution in [0.25, 0.3) is 11.1 Å². The van der Waals surface area contributed by atoms with Gasteiger partial charge in [0.05, 0.1) is 0 Å². The van der Waals surface area contributed by atoms with Gasteiger partial charge in [0.2, 0.25) is 0 Å². The number of aromatic nitrogens is 1. The maximum Gasteiger partial charge on any atom is 0.195 e. The Morgan fingerprint density at radius 3 is 2.00 bits per heavy atom. The van der Waals surface area contributed by atoms with E-state index in [0.717, 1.165) is 23.4 Å². The van der Waals surface area contributed by atoms with E-state index in [1.54, 1.807) is 0 Å². The van der Waals surface area contributed by atoms with Gasteiger partial charge in [-0.1, -0.05) is 83.3 Å². The summed E-state index contributed by atoms with van der Waals surface area (Å²) < 4.78 is 5.75. The van der Waals surface area contributed by atoms with E-state index in [1.807, 2.05) is 24.3 Å². The molecule has 0 saturated heterocycles. The lowest BCUT2D eigenvalue weighted by Gasteiger charge is -2.01. The van der Waals surface area contributed by atoms with Crippen LogP contribution in [0.3, 0.4) is 0 Å². The van der Waals surface area contributed by atoms with E-state index in [0.29, 0.717) is 0 Å². The number of hydrogen-bond donors (Lipinski definition) is 0. The maximum absolute atomic E-state index is 5.75. The summed E-state index contributed by atoms with van der Waals surface area (Å²) in [7, 11) is 0. The predicted molar refractivity (Wildman–Crippen MR) is 94.2 cm³/mol. The lowest BCUT2D eigenvalue weighted by Crippen LogP contribution is -1.86. The number of oxazole rings is 1. The molecular formula is C20H31NO. The van der Waals surface area contributed by atoms with E-state index in [2.05, 4.69) is 11.9 Å². The minimum atomic E-state index is 0.900. The maximum atomic E-state index is 5.75. The first-order valence-corrected chi connectivity index (χ1v) is 9.24. The summed E-state index contributed by atoms with van der Waals surface area (Å²) in [5.41, 5.74) is 1.90. The standard InChI is InChI=1S/C20H31NO/c1-2-3-4-5-6-7-8-9-10-11-12-17-20-21-18-15-13-14-16-19(18)22-20/h13-16H,2-12,17H2,1H3. The monoisotopic (exact) mass is 301 g/mol. The number of fused-ring (bicyclic) bond motifs is 1. The zero-order valence-corrected chi connectivity index (χ0v) is 14.2. The molecule has 2 heteroatoms. The minimum absolute atomic E-state index is 0.900. The van der Waals surface area contributed by atoms with Crippen LogP contribution in [0, 0.1) is 0 Å². The first-order chi connectivity index (χ1) is 10.9. The van der Waals surface area contributed by atoms with Gasteiger partial charge in [0.25, 0.3) is 0 Å². The summed E-state index contributed by atoms with van der Waals surface area (Å²) in [6.07, 6.45) is 16.1. The van der Waals surface area contributed by atoms with Gasteiger partial charge in [-0.3, -0.25) is 0 Å². The van der Waals surface area contributed by atoms with E-state index < -0.39 is 0 Å². The van der Waals surface area contributed by atoms with Crippen LogP contribution in [0.15, 0.2) is 28.7 Å². The molecule has 0 aliphatic heterocycles. The van der Waals surface area contributed by atoms with E-state index in [9.17, 15) is 0 Å². The van der Waals surface area contributed by atoms with Crippen molar-refractivity contribution in [2.45, 2.75) is 84.0 Å². The Bertz CT molecular complexity index is 484. The summed E-state index contributed by atoms with van der Waals surface area (Å²) in [5.74, 6) is 0.900. The molecule has 0 N–H and O–H groups in total. The quantitative estimate of drug-likeness (QED) is 0.408. The van der Waals surface area contributed by atoms with Gasteiger partial charge in [-0.2, -0.15) is 0 Å². The summed E-state index contributed by atoms with van der Waals surface area (Å²) in [6.45, 7) is 2.28. The second-order valence-electron chi connectivity index (χ2n) is 6.36. The van der Waals surface area contributed by atoms with E-state index in [-0.39, 0.29) is 0 Å². The third kappa shape index (κ3) is 6.21. The summed E-state index contributed by atoms with van der Waals surface area (Å²) in [6, 6.07) is 8.02. The lowest BCUT2D eigenvalue weighted by atomic mass is 10.1. The van der Waals surface area contributed by atoms with Crippen LogP contribution in [0.4, 0.5) is 0 Å². The fourth-order valence-corrected chi connectivity index (χ4v) is 2.97. The average Bonchev–Trinajstić information content (AvgIpc) is 2.95. The first kappa shape index (κ1) is 17.1. The smallest absolute Gasteiger partial charge is 0.195 e. The molecule has 1 aromatic carbocycles. The van der Waals surface area contributed by atoms with Crippen LogP contribution in [-0.4, -0.2) is 4.98 Å². The molecule has 2 nitrogen and oxygen atoms in total. The van der Waals surface area contributed by atoms with Crippen molar-refractivity contribution in [2.24, 2.45) is 0 Å². The molecule has 1 heterocycles. The highest BCUT2D eigenvalue weighted by Crippen LogP contribution is 2.17. The van der Waals surface area contributed by atoms with Crippen LogP contribution in [0.2, 0.25) is 0 Å². The SMILES string of the molecule is CCCCCCCCCCCCCc1nc2ccccc2o1. The first-order valence-electron chi connectivity index (χ1n) is 9.24. The van der Waals surface area contributed by atoms with Gasteiger partial charge in [0.15, 0.2) is 11.5 Å².